The van der Waals surface area contributed by atoms with Crippen LogP contribution in [0, 0.1) is 11.6 Å². The van der Waals surface area contributed by atoms with Crippen LogP contribution in [-0.4, -0.2) is 63.2 Å². The van der Waals surface area contributed by atoms with Gasteiger partial charge >= 0.3 is 6.09 Å². The van der Waals surface area contributed by atoms with Crippen LogP contribution in [-0.2, 0) is 11.3 Å². The van der Waals surface area contributed by atoms with E-state index in [1.807, 2.05) is 0 Å². The van der Waals surface area contributed by atoms with Gasteiger partial charge in [-0.3, -0.25) is 9.78 Å². The molecule has 2 atom stereocenters. The molecule has 6 rings (SSSR count). The van der Waals surface area contributed by atoms with Crippen LogP contribution in [0.25, 0.3) is 22.5 Å². The summed E-state index contributed by atoms with van der Waals surface area (Å²) in [6.07, 6.45) is 5.89. The van der Waals surface area contributed by atoms with Crippen molar-refractivity contribution in [1.82, 2.24) is 45.4 Å². The van der Waals surface area contributed by atoms with Gasteiger partial charge in [0.2, 0.25) is 5.91 Å². The van der Waals surface area contributed by atoms with Gasteiger partial charge in [0.05, 0.1) is 40.9 Å². The summed E-state index contributed by atoms with van der Waals surface area (Å²) in [7, 11) is 0. The second kappa shape index (κ2) is 10.1. The molecule has 0 radical (unpaired) electrons. The molecule has 15 heteroatoms. The third-order valence-corrected chi connectivity index (χ3v) is 7.36. The first kappa shape index (κ1) is 25.6. The number of carboxylic acid groups (broad SMARTS) is 1. The minimum Gasteiger partial charge on any atom is -0.465 e. The predicted molar refractivity (Wildman–Crippen MR) is 136 cm³/mol. The summed E-state index contributed by atoms with van der Waals surface area (Å²) in [5, 5.41) is 21.9. The Morgan fingerprint density at radius 3 is 2.83 bits per heavy atom. The monoisotopic (exact) mass is 567 g/mol. The molecule has 0 saturated carbocycles. The average Bonchev–Trinajstić information content (AvgIpc) is 3.70. The van der Waals surface area contributed by atoms with Crippen LogP contribution in [0.4, 0.5) is 13.6 Å². The SMILES string of the molecule is O=C(O)NCc1nccc(-c2cnc([C@@H]3CC[C@@H]4CC(c5c(-n6cnnn6)ccc(Cl)c5F)=CC(=O)N43)[nH]2)c1F. The molecule has 12 nitrogen and oxygen atoms in total. The number of carbonyl (C=O) groups excluding carboxylic acids is 1. The number of aromatic amines is 1. The maximum Gasteiger partial charge on any atom is 0.404 e. The highest BCUT2D eigenvalue weighted by Gasteiger charge is 2.42. The number of pyridine rings is 1. The Hall–Kier alpha value is -4.72. The zero-order valence-corrected chi connectivity index (χ0v) is 21.3. The van der Waals surface area contributed by atoms with Crippen LogP contribution in [0.5, 0.6) is 0 Å². The highest BCUT2D eigenvalue weighted by molar-refractivity contribution is 6.31. The number of amides is 2. The molecule has 2 amide bonds. The van der Waals surface area contributed by atoms with E-state index in [0.29, 0.717) is 42.0 Å². The number of hydrogen-bond acceptors (Lipinski definition) is 7. The fourth-order valence-electron chi connectivity index (χ4n) is 5.32. The fourth-order valence-corrected chi connectivity index (χ4v) is 5.48. The van der Waals surface area contributed by atoms with Crippen molar-refractivity contribution in [3.8, 4) is 16.9 Å². The van der Waals surface area contributed by atoms with Gasteiger partial charge in [-0.1, -0.05) is 11.6 Å². The van der Waals surface area contributed by atoms with Crippen molar-refractivity contribution in [1.29, 1.82) is 0 Å². The van der Waals surface area contributed by atoms with Crippen LogP contribution in [0.15, 0.2) is 43.0 Å². The number of halogens is 3. The van der Waals surface area contributed by atoms with Crippen LogP contribution in [0.1, 0.15) is 42.4 Å². The van der Waals surface area contributed by atoms with Crippen molar-refractivity contribution in [3.63, 3.8) is 0 Å². The van der Waals surface area contributed by atoms with E-state index in [0.717, 1.165) is 0 Å². The Morgan fingerprint density at radius 2 is 2.05 bits per heavy atom. The highest BCUT2D eigenvalue weighted by atomic mass is 35.5. The van der Waals surface area contributed by atoms with Gasteiger partial charge < -0.3 is 20.3 Å². The third-order valence-electron chi connectivity index (χ3n) is 7.07. The maximum atomic E-state index is 15.3. The number of benzene rings is 1. The topological polar surface area (TPSA) is 155 Å². The molecule has 1 fully saturated rings. The number of rotatable bonds is 6. The standard InChI is InChI=1S/C25H20ClF2N9O3/c26-15-2-4-18(36-11-32-34-35-36)21(23(15)28)12-7-13-1-3-19(37(13)20(38)8-12)24-30-9-16(33-24)14-5-6-29-17(22(14)27)10-31-25(39)40/h2,4-6,8-9,11,13,19,31H,1,3,7,10H2,(H,30,33)(H,39,40)/t13-,19+/m1/s1. The third kappa shape index (κ3) is 4.45. The summed E-state index contributed by atoms with van der Waals surface area (Å²) in [5.74, 6) is -1.18. The zero-order valence-electron chi connectivity index (χ0n) is 20.6. The fraction of sp³-hybridized carbons (Fsp3) is 0.240. The lowest BCUT2D eigenvalue weighted by Crippen LogP contribution is -2.39. The van der Waals surface area contributed by atoms with Gasteiger partial charge in [-0.05, 0) is 53.5 Å². The molecule has 3 aromatic heterocycles. The van der Waals surface area contributed by atoms with E-state index in [1.54, 1.807) is 11.0 Å². The number of imidazole rings is 1. The maximum absolute atomic E-state index is 15.3. The molecule has 3 N–H and O–H groups in total. The lowest BCUT2D eigenvalue weighted by atomic mass is 9.92. The molecule has 204 valence electrons. The zero-order chi connectivity index (χ0) is 28.0. The Bertz CT molecular complexity index is 1660. The van der Waals surface area contributed by atoms with Crippen molar-refractivity contribution in [2.45, 2.75) is 37.9 Å². The highest BCUT2D eigenvalue weighted by Crippen LogP contribution is 2.44. The van der Waals surface area contributed by atoms with Crippen molar-refractivity contribution >= 4 is 29.2 Å². The quantitative estimate of drug-likeness (QED) is 0.319. The van der Waals surface area contributed by atoms with Crippen LogP contribution in [0.3, 0.4) is 0 Å². The van der Waals surface area contributed by atoms with Crippen molar-refractivity contribution in [2.24, 2.45) is 0 Å². The minimum atomic E-state index is -1.29. The molecular weight excluding hydrogens is 548 g/mol. The van der Waals surface area contributed by atoms with Crippen molar-refractivity contribution in [3.05, 3.63) is 76.7 Å². The first-order chi connectivity index (χ1) is 19.3. The summed E-state index contributed by atoms with van der Waals surface area (Å²) in [5.41, 5.74) is 1.49. The molecule has 5 heterocycles. The van der Waals surface area contributed by atoms with Crippen molar-refractivity contribution in [2.75, 3.05) is 0 Å². The first-order valence-electron chi connectivity index (χ1n) is 12.2. The van der Waals surface area contributed by atoms with E-state index in [4.69, 9.17) is 16.7 Å². The van der Waals surface area contributed by atoms with Gasteiger partial charge in [0.15, 0.2) is 11.6 Å². The number of nitrogens with one attached hydrogen (secondary N) is 2. The van der Waals surface area contributed by atoms with E-state index < -0.39 is 23.8 Å². The minimum absolute atomic E-state index is 0.0600. The predicted octanol–water partition coefficient (Wildman–Crippen LogP) is 3.67. The number of hydrogen-bond donors (Lipinski definition) is 3. The molecule has 0 aliphatic carbocycles. The number of aromatic nitrogens is 7. The molecule has 1 saturated heterocycles. The molecule has 40 heavy (non-hydrogen) atoms. The van der Waals surface area contributed by atoms with Gasteiger partial charge in [-0.25, -0.2) is 18.6 Å². The molecule has 1 aromatic carbocycles. The number of H-pyrrole nitrogens is 1. The molecule has 2 aliphatic heterocycles. The van der Waals surface area contributed by atoms with E-state index >= 15 is 8.78 Å². The molecule has 0 spiro atoms. The van der Waals surface area contributed by atoms with Crippen molar-refractivity contribution < 1.29 is 23.5 Å². The van der Waals surface area contributed by atoms with E-state index in [2.05, 4.69) is 35.8 Å². The second-order valence-corrected chi connectivity index (χ2v) is 9.74. The van der Waals surface area contributed by atoms with Crippen LogP contribution >= 0.6 is 11.6 Å². The molecule has 2 aliphatic rings. The van der Waals surface area contributed by atoms with Gasteiger partial charge in [0.25, 0.3) is 0 Å². The number of nitrogens with zero attached hydrogens (tertiary/aromatic N) is 7. The lowest BCUT2D eigenvalue weighted by Gasteiger charge is -2.33. The van der Waals surface area contributed by atoms with E-state index in [-0.39, 0.29) is 40.3 Å². The number of carbonyl (C=O) groups is 2. The summed E-state index contributed by atoms with van der Waals surface area (Å²) in [6, 6.07) is 3.84. The van der Waals surface area contributed by atoms with Gasteiger partial charge in [-0.2, -0.15) is 4.68 Å². The Morgan fingerprint density at radius 1 is 1.20 bits per heavy atom. The smallest absolute Gasteiger partial charge is 0.404 e. The first-order valence-corrected chi connectivity index (χ1v) is 12.6. The largest absolute Gasteiger partial charge is 0.465 e. The summed E-state index contributed by atoms with van der Waals surface area (Å²) in [4.78, 5) is 37.4. The van der Waals surface area contributed by atoms with Crippen LogP contribution < -0.4 is 5.32 Å². The number of tetrazole rings is 1. The summed E-state index contributed by atoms with van der Waals surface area (Å²) < 4.78 is 31.7. The molecule has 4 aromatic rings. The Labute approximate surface area is 229 Å². The van der Waals surface area contributed by atoms with E-state index in [1.165, 1.54) is 41.6 Å². The van der Waals surface area contributed by atoms with Gasteiger partial charge in [0, 0.05) is 29.4 Å². The lowest BCUT2D eigenvalue weighted by molar-refractivity contribution is -0.129. The van der Waals surface area contributed by atoms with Gasteiger partial charge in [0.1, 0.15) is 12.2 Å². The molecular formula is C25H20ClF2N9O3. The van der Waals surface area contributed by atoms with Crippen LogP contribution in [0.2, 0.25) is 5.02 Å². The van der Waals surface area contributed by atoms with Gasteiger partial charge in [-0.15, -0.1) is 5.10 Å². The van der Waals surface area contributed by atoms with E-state index in [9.17, 15) is 9.59 Å². The normalized spacial score (nSPS) is 18.5. The second-order valence-electron chi connectivity index (χ2n) is 9.34. The summed E-state index contributed by atoms with van der Waals surface area (Å²) >= 11 is 6.09. The molecule has 0 bridgehead atoms. The number of fused-ring (bicyclic) bond motifs is 1. The average molecular weight is 568 g/mol. The molecule has 0 unspecified atom stereocenters. The Kier molecular flexibility index (Phi) is 6.46. The summed E-state index contributed by atoms with van der Waals surface area (Å²) in [6.45, 7) is -0.292. The Balaban J connectivity index is 1.29.